The van der Waals surface area contributed by atoms with E-state index in [9.17, 15) is 26.4 Å². The average Bonchev–Trinajstić information content (AvgIpc) is 3.30. The van der Waals surface area contributed by atoms with Gasteiger partial charge in [-0.3, -0.25) is 4.79 Å². The molecule has 0 aromatic heterocycles. The molecule has 0 aliphatic heterocycles. The van der Waals surface area contributed by atoms with Gasteiger partial charge in [-0.2, -0.15) is 21.6 Å². The van der Waals surface area contributed by atoms with Crippen molar-refractivity contribution in [2.24, 2.45) is 0 Å². The van der Waals surface area contributed by atoms with Gasteiger partial charge in [0, 0.05) is 17.5 Å². The fourth-order valence-corrected chi connectivity index (χ4v) is 7.31. The van der Waals surface area contributed by atoms with Crippen molar-refractivity contribution in [3.8, 4) is 0 Å². The minimum atomic E-state index is -5.39. The van der Waals surface area contributed by atoms with E-state index in [4.69, 9.17) is 4.43 Å². The van der Waals surface area contributed by atoms with E-state index in [-0.39, 0.29) is 0 Å². The van der Waals surface area contributed by atoms with Gasteiger partial charge in [-0.25, -0.2) is 0 Å². The molecule has 198 valence electrons. The van der Waals surface area contributed by atoms with Crippen molar-refractivity contribution in [2.75, 3.05) is 0 Å². The topological polar surface area (TPSA) is 69.7 Å². The van der Waals surface area contributed by atoms with Crippen LogP contribution in [0.2, 0.25) is 39.3 Å². The fraction of sp³-hybridized carbons (Fsp3) is 0.400. The molecule has 0 bridgehead atoms. The molecule has 0 unspecified atom stereocenters. The first-order valence-electron chi connectivity index (χ1n) is 11.5. The highest BCUT2D eigenvalue weighted by Crippen LogP contribution is 2.30. The first kappa shape index (κ1) is 30.0. The monoisotopic (exact) mass is 558 g/mol. The van der Waals surface area contributed by atoms with Gasteiger partial charge in [-0.1, -0.05) is 48.5 Å². The van der Waals surface area contributed by atoms with Gasteiger partial charge in [0.2, 0.25) is 16.6 Å². The summed E-state index contributed by atoms with van der Waals surface area (Å²) >= 11 is 0. The molecule has 0 saturated heterocycles. The summed E-state index contributed by atoms with van der Waals surface area (Å²) < 4.78 is 65.7. The lowest BCUT2D eigenvalue weighted by molar-refractivity contribution is -0.0503. The predicted molar refractivity (Wildman–Crippen MR) is 141 cm³/mol. The van der Waals surface area contributed by atoms with Gasteiger partial charge < -0.3 is 8.30 Å². The second kappa shape index (κ2) is 11.4. The van der Waals surface area contributed by atoms with Crippen molar-refractivity contribution in [1.29, 1.82) is 0 Å². The predicted octanol–water partition coefficient (Wildman–Crippen LogP) is 6.94. The van der Waals surface area contributed by atoms with Crippen LogP contribution >= 0.6 is 0 Å². The highest BCUT2D eigenvalue weighted by Gasteiger charge is 2.49. The summed E-state index contributed by atoms with van der Waals surface area (Å²) in [5.74, 6) is 1.40. The molecular formula is C25H33F3O5SSi2. The summed E-state index contributed by atoms with van der Waals surface area (Å²) in [6.45, 7) is 10.7. The van der Waals surface area contributed by atoms with Crippen molar-refractivity contribution < 1.29 is 34.7 Å². The van der Waals surface area contributed by atoms with E-state index in [0.717, 1.165) is 24.2 Å². The number of carbonyl (C=O) groups is 1. The molecule has 0 atom stereocenters. The standard InChI is InChI=1S/C12H16OSi.C9H8O.C4H9F3O3SSi/c1-14(2,3)13-12-9-8-10-6-4-5-7-11(10)12;10-9-6-5-7-3-1-2-4-8(7)9;1-12(2,3)10-11(8,9)4(5,6)7/h4-7,9H,8H2,1-3H3;1-4H,5-6H2;1-3H3. The van der Waals surface area contributed by atoms with Crippen LogP contribution < -0.4 is 0 Å². The van der Waals surface area contributed by atoms with Crippen LogP contribution in [0.5, 0.6) is 0 Å². The molecule has 2 aliphatic rings. The Balaban J connectivity index is 0.000000193. The molecule has 0 fully saturated rings. The van der Waals surface area contributed by atoms with E-state index in [1.807, 2.05) is 24.3 Å². The number of ketones is 1. The minimum absolute atomic E-state index is 0.301. The maximum absolute atomic E-state index is 11.7. The average molecular weight is 559 g/mol. The molecule has 0 spiro atoms. The van der Waals surface area contributed by atoms with Crippen LogP contribution in [0.4, 0.5) is 13.2 Å². The number of halogens is 3. The molecule has 2 aliphatic carbocycles. The Labute approximate surface area is 213 Å². The fourth-order valence-electron chi connectivity index (χ4n) is 3.45. The number of hydrogen-bond donors (Lipinski definition) is 0. The molecule has 4 rings (SSSR count). The molecule has 0 radical (unpaired) electrons. The van der Waals surface area contributed by atoms with Gasteiger partial charge in [0.1, 0.15) is 5.76 Å². The maximum Gasteiger partial charge on any atom is 0.522 e. The number of hydrogen-bond acceptors (Lipinski definition) is 5. The second-order valence-corrected chi connectivity index (χ2v) is 21.0. The Kier molecular flexibility index (Phi) is 9.54. The molecule has 5 nitrogen and oxygen atoms in total. The maximum atomic E-state index is 11.7. The summed E-state index contributed by atoms with van der Waals surface area (Å²) in [6.07, 6.45) is 4.87. The normalized spacial score (nSPS) is 15.0. The number of allylic oxidation sites excluding steroid dienone is 1. The minimum Gasteiger partial charge on any atom is -0.544 e. The molecule has 36 heavy (non-hydrogen) atoms. The first-order chi connectivity index (χ1) is 16.4. The molecule has 11 heteroatoms. The van der Waals surface area contributed by atoms with Crippen LogP contribution in [-0.2, 0) is 31.3 Å². The molecule has 0 N–H and O–H groups in total. The van der Waals surface area contributed by atoms with Crippen molar-refractivity contribution in [2.45, 2.75) is 64.1 Å². The third kappa shape index (κ3) is 9.02. The zero-order valence-corrected chi connectivity index (χ0v) is 24.2. The third-order valence-electron chi connectivity index (χ3n) is 4.79. The zero-order chi connectivity index (χ0) is 27.4. The van der Waals surface area contributed by atoms with E-state index in [2.05, 4.69) is 53.9 Å². The summed E-state index contributed by atoms with van der Waals surface area (Å²) in [4.78, 5) is 11.1. The van der Waals surface area contributed by atoms with Gasteiger partial charge in [-0.15, -0.1) is 0 Å². The van der Waals surface area contributed by atoms with E-state index in [1.165, 1.54) is 36.3 Å². The lowest BCUT2D eigenvalue weighted by atomic mass is 10.1. The van der Waals surface area contributed by atoms with E-state index in [0.29, 0.717) is 12.2 Å². The van der Waals surface area contributed by atoms with E-state index >= 15 is 0 Å². The van der Waals surface area contributed by atoms with Gasteiger partial charge in [-0.05, 0) is 69.3 Å². The highest BCUT2D eigenvalue weighted by molar-refractivity contribution is 7.88. The Bertz CT molecular complexity index is 1210. The second-order valence-electron chi connectivity index (χ2n) is 10.3. The molecule has 2 aromatic carbocycles. The Hall–Kier alpha value is -2.22. The van der Waals surface area contributed by atoms with Crippen LogP contribution in [0.15, 0.2) is 54.6 Å². The number of carbonyl (C=O) groups excluding carboxylic acids is 1. The van der Waals surface area contributed by atoms with Gasteiger partial charge >= 0.3 is 15.6 Å². The summed E-state index contributed by atoms with van der Waals surface area (Å²) in [5, 5.41) is 0. The van der Waals surface area contributed by atoms with Crippen LogP contribution in [-0.4, -0.2) is 36.3 Å². The SMILES string of the molecule is C[Si](C)(C)OC1=CCc2ccccc21.C[Si](C)(C)OS(=O)(=O)C(F)(F)F.O=C1CCc2ccccc21. The Morgan fingerprint density at radius 1 is 0.778 bits per heavy atom. The van der Waals surface area contributed by atoms with Crippen LogP contribution in [0.1, 0.15) is 33.5 Å². The summed E-state index contributed by atoms with van der Waals surface area (Å²) in [7, 11) is -9.56. The number of benzene rings is 2. The van der Waals surface area contributed by atoms with Gasteiger partial charge in [0.25, 0.3) is 0 Å². The van der Waals surface area contributed by atoms with Gasteiger partial charge in [0.05, 0.1) is 0 Å². The third-order valence-corrected chi connectivity index (χ3v) is 9.07. The Morgan fingerprint density at radius 3 is 1.78 bits per heavy atom. The van der Waals surface area contributed by atoms with Crippen molar-refractivity contribution in [3.05, 3.63) is 76.9 Å². The largest absolute Gasteiger partial charge is 0.544 e. The lowest BCUT2D eigenvalue weighted by Gasteiger charge is -2.20. The van der Waals surface area contributed by atoms with Gasteiger partial charge in [0.15, 0.2) is 5.78 Å². The highest BCUT2D eigenvalue weighted by atomic mass is 32.2. The molecule has 0 heterocycles. The Morgan fingerprint density at radius 2 is 1.31 bits per heavy atom. The number of aryl methyl sites for hydroxylation is 1. The van der Waals surface area contributed by atoms with E-state index in [1.54, 1.807) is 0 Å². The van der Waals surface area contributed by atoms with E-state index < -0.39 is 32.3 Å². The number of rotatable bonds is 4. The summed E-state index contributed by atoms with van der Waals surface area (Å²) in [6, 6.07) is 16.3. The quantitative estimate of drug-likeness (QED) is 0.300. The number of Topliss-reactive ketones (excluding diaryl/α,β-unsaturated/α-hetero) is 1. The van der Waals surface area contributed by atoms with Crippen LogP contribution in [0.3, 0.4) is 0 Å². The zero-order valence-electron chi connectivity index (χ0n) is 21.4. The van der Waals surface area contributed by atoms with Crippen molar-refractivity contribution in [3.63, 3.8) is 0 Å². The number of alkyl halides is 3. The number of fused-ring (bicyclic) bond motifs is 2. The molecule has 2 aromatic rings. The molecule has 0 amide bonds. The summed E-state index contributed by atoms with van der Waals surface area (Å²) in [5.41, 5.74) is -0.488. The van der Waals surface area contributed by atoms with Crippen LogP contribution in [0.25, 0.3) is 5.76 Å². The van der Waals surface area contributed by atoms with Crippen molar-refractivity contribution in [1.82, 2.24) is 0 Å². The lowest BCUT2D eigenvalue weighted by Crippen LogP contribution is -2.36. The first-order valence-corrected chi connectivity index (χ1v) is 19.7. The molecule has 0 saturated carbocycles. The van der Waals surface area contributed by atoms with Crippen molar-refractivity contribution >= 4 is 38.3 Å². The smallest absolute Gasteiger partial charge is 0.522 e. The molecular weight excluding hydrogens is 526 g/mol. The van der Waals surface area contributed by atoms with Crippen LogP contribution in [0, 0.1) is 0 Å².